The first-order chi connectivity index (χ1) is 8.74. The van der Waals surface area contributed by atoms with Crippen molar-refractivity contribution in [3.63, 3.8) is 0 Å². The maximum Gasteiger partial charge on any atom is 0.0950 e. The molecule has 0 saturated heterocycles. The van der Waals surface area contributed by atoms with Gasteiger partial charge in [-0.1, -0.05) is 18.2 Å². The fourth-order valence-electron chi connectivity index (χ4n) is 2.72. The van der Waals surface area contributed by atoms with Crippen molar-refractivity contribution >= 4 is 16.6 Å². The third kappa shape index (κ3) is 2.04. The molecule has 0 aliphatic heterocycles. The van der Waals surface area contributed by atoms with Gasteiger partial charge in [0.1, 0.15) is 0 Å². The molecule has 1 aromatic heterocycles. The zero-order valence-electron chi connectivity index (χ0n) is 10.6. The summed E-state index contributed by atoms with van der Waals surface area (Å²) in [5.74, 6) is 0.719. The number of benzene rings is 1. The van der Waals surface area contributed by atoms with Crippen LogP contribution in [0.1, 0.15) is 12.8 Å². The number of nitrogens with two attached hydrogens (primary N) is 1. The summed E-state index contributed by atoms with van der Waals surface area (Å²) in [7, 11) is 2.12. The smallest absolute Gasteiger partial charge is 0.0950 e. The van der Waals surface area contributed by atoms with Gasteiger partial charge in [0.25, 0.3) is 0 Å². The van der Waals surface area contributed by atoms with Gasteiger partial charge in [-0.3, -0.25) is 0 Å². The Hall–Kier alpha value is -1.68. The van der Waals surface area contributed by atoms with Gasteiger partial charge in [-0.2, -0.15) is 10.2 Å². The Bertz CT molecular complexity index is 543. The molecule has 0 radical (unpaired) electrons. The highest BCUT2D eigenvalue weighted by molar-refractivity contribution is 5.90. The Morgan fingerprint density at radius 2 is 2.11 bits per heavy atom. The fraction of sp³-hybridized carbons (Fsp3) is 0.429. The lowest BCUT2D eigenvalue weighted by Crippen LogP contribution is -2.42. The van der Waals surface area contributed by atoms with E-state index in [4.69, 9.17) is 5.73 Å². The highest BCUT2D eigenvalue weighted by Crippen LogP contribution is 2.29. The van der Waals surface area contributed by atoms with E-state index in [9.17, 15) is 0 Å². The minimum atomic E-state index is 0.413. The minimum absolute atomic E-state index is 0.413. The van der Waals surface area contributed by atoms with E-state index >= 15 is 0 Å². The van der Waals surface area contributed by atoms with Crippen LogP contribution in [-0.4, -0.2) is 29.8 Å². The summed E-state index contributed by atoms with van der Waals surface area (Å²) in [6, 6.07) is 8.55. The maximum absolute atomic E-state index is 5.83. The summed E-state index contributed by atoms with van der Waals surface area (Å²) in [5, 5.41) is 9.40. The van der Waals surface area contributed by atoms with Crippen molar-refractivity contribution in [3.8, 4) is 0 Å². The molecule has 1 aromatic carbocycles. The number of anilines is 1. The van der Waals surface area contributed by atoms with Gasteiger partial charge in [-0.05, 0) is 24.8 Å². The Morgan fingerprint density at radius 1 is 1.33 bits per heavy atom. The standard InChI is InChI=1S/C14H18N4/c1-18(9-10-6-11(15)7-10)14-8-16-17-13-5-3-2-4-12(13)14/h2-5,8,10-11H,6-7,9,15H2,1H3. The summed E-state index contributed by atoms with van der Waals surface area (Å²) in [6.45, 7) is 1.05. The first-order valence-corrected chi connectivity index (χ1v) is 6.41. The minimum Gasteiger partial charge on any atom is -0.372 e. The highest BCUT2D eigenvalue weighted by atomic mass is 15.2. The molecule has 0 unspecified atom stereocenters. The van der Waals surface area contributed by atoms with Crippen molar-refractivity contribution in [2.24, 2.45) is 11.7 Å². The second-order valence-corrected chi connectivity index (χ2v) is 5.22. The molecular formula is C14H18N4. The molecule has 4 nitrogen and oxygen atoms in total. The van der Waals surface area contributed by atoms with Crippen LogP contribution >= 0.6 is 0 Å². The van der Waals surface area contributed by atoms with Gasteiger partial charge in [0.05, 0.1) is 17.4 Å². The van der Waals surface area contributed by atoms with Crippen molar-refractivity contribution in [2.45, 2.75) is 18.9 Å². The Balaban J connectivity index is 1.84. The molecule has 0 atom stereocenters. The van der Waals surface area contributed by atoms with E-state index in [0.29, 0.717) is 6.04 Å². The summed E-state index contributed by atoms with van der Waals surface area (Å²) >= 11 is 0. The van der Waals surface area contributed by atoms with Gasteiger partial charge in [0, 0.05) is 25.0 Å². The summed E-state index contributed by atoms with van der Waals surface area (Å²) in [5.41, 5.74) is 7.94. The second-order valence-electron chi connectivity index (χ2n) is 5.22. The molecular weight excluding hydrogens is 224 g/mol. The Labute approximate surface area is 107 Å². The van der Waals surface area contributed by atoms with Crippen molar-refractivity contribution in [1.82, 2.24) is 10.2 Å². The van der Waals surface area contributed by atoms with Crippen molar-refractivity contribution in [2.75, 3.05) is 18.5 Å². The average molecular weight is 242 g/mol. The third-order valence-corrected chi connectivity index (χ3v) is 3.74. The first kappa shape index (κ1) is 11.4. The van der Waals surface area contributed by atoms with Crippen molar-refractivity contribution < 1.29 is 0 Å². The van der Waals surface area contributed by atoms with Crippen LogP contribution in [-0.2, 0) is 0 Å². The Kier molecular flexibility index (Phi) is 2.88. The van der Waals surface area contributed by atoms with Crippen LogP contribution in [0.4, 0.5) is 5.69 Å². The van der Waals surface area contributed by atoms with Crippen LogP contribution in [0, 0.1) is 5.92 Å². The van der Waals surface area contributed by atoms with E-state index in [0.717, 1.165) is 36.5 Å². The zero-order chi connectivity index (χ0) is 12.5. The predicted octanol–water partition coefficient (Wildman–Crippen LogP) is 1.80. The van der Waals surface area contributed by atoms with Crippen LogP contribution < -0.4 is 10.6 Å². The van der Waals surface area contributed by atoms with Crippen LogP contribution in [0.15, 0.2) is 30.5 Å². The molecule has 1 heterocycles. The van der Waals surface area contributed by atoms with Crippen molar-refractivity contribution in [3.05, 3.63) is 30.5 Å². The quantitative estimate of drug-likeness (QED) is 0.891. The van der Waals surface area contributed by atoms with E-state index in [2.05, 4.69) is 28.2 Å². The SMILES string of the molecule is CN(CC1CC(N)C1)c1cnnc2ccccc12. The fourth-order valence-corrected chi connectivity index (χ4v) is 2.72. The van der Waals surface area contributed by atoms with E-state index in [-0.39, 0.29) is 0 Å². The summed E-state index contributed by atoms with van der Waals surface area (Å²) < 4.78 is 0. The zero-order valence-corrected chi connectivity index (χ0v) is 10.6. The molecule has 2 aromatic rings. The number of hydrogen-bond acceptors (Lipinski definition) is 4. The van der Waals surface area contributed by atoms with Gasteiger partial charge in [0.15, 0.2) is 0 Å². The lowest BCUT2D eigenvalue weighted by molar-refractivity contribution is 0.271. The average Bonchev–Trinajstić information content (AvgIpc) is 2.36. The lowest BCUT2D eigenvalue weighted by Gasteiger charge is -2.36. The lowest BCUT2D eigenvalue weighted by atomic mass is 9.80. The van der Waals surface area contributed by atoms with Gasteiger partial charge in [-0.25, -0.2) is 0 Å². The number of rotatable bonds is 3. The summed E-state index contributed by atoms with van der Waals surface area (Å²) in [6.07, 6.45) is 4.13. The van der Waals surface area contributed by atoms with Gasteiger partial charge < -0.3 is 10.6 Å². The number of hydrogen-bond donors (Lipinski definition) is 1. The monoisotopic (exact) mass is 242 g/mol. The number of nitrogens with zero attached hydrogens (tertiary/aromatic N) is 3. The third-order valence-electron chi connectivity index (χ3n) is 3.74. The van der Waals surface area contributed by atoms with Crippen molar-refractivity contribution in [1.29, 1.82) is 0 Å². The van der Waals surface area contributed by atoms with Crippen LogP contribution in [0.2, 0.25) is 0 Å². The maximum atomic E-state index is 5.83. The van der Waals surface area contributed by atoms with Crippen LogP contribution in [0.3, 0.4) is 0 Å². The molecule has 0 spiro atoms. The van der Waals surface area contributed by atoms with Crippen LogP contribution in [0.5, 0.6) is 0 Å². The normalized spacial score (nSPS) is 22.8. The molecule has 1 aliphatic carbocycles. The molecule has 4 heteroatoms. The van der Waals surface area contributed by atoms with Gasteiger partial charge >= 0.3 is 0 Å². The van der Waals surface area contributed by atoms with E-state index in [1.54, 1.807) is 0 Å². The number of aromatic nitrogens is 2. The predicted molar refractivity (Wildman–Crippen MR) is 73.5 cm³/mol. The van der Waals surface area contributed by atoms with Gasteiger partial charge in [-0.15, -0.1) is 0 Å². The molecule has 0 amide bonds. The van der Waals surface area contributed by atoms with Crippen LogP contribution in [0.25, 0.3) is 10.9 Å². The van der Waals surface area contributed by atoms with E-state index < -0.39 is 0 Å². The number of fused-ring (bicyclic) bond motifs is 1. The van der Waals surface area contributed by atoms with E-state index in [1.807, 2.05) is 24.4 Å². The first-order valence-electron chi connectivity index (χ1n) is 6.41. The highest BCUT2D eigenvalue weighted by Gasteiger charge is 2.27. The molecule has 1 fully saturated rings. The molecule has 1 aliphatic rings. The molecule has 1 saturated carbocycles. The molecule has 94 valence electrons. The van der Waals surface area contributed by atoms with E-state index in [1.165, 1.54) is 5.39 Å². The molecule has 18 heavy (non-hydrogen) atoms. The Morgan fingerprint density at radius 3 is 2.89 bits per heavy atom. The second kappa shape index (κ2) is 4.53. The van der Waals surface area contributed by atoms with Gasteiger partial charge in [0.2, 0.25) is 0 Å². The topological polar surface area (TPSA) is 55.0 Å². The molecule has 3 rings (SSSR count). The summed E-state index contributed by atoms with van der Waals surface area (Å²) in [4.78, 5) is 2.27. The molecule has 2 N–H and O–H groups in total. The molecule has 0 bridgehead atoms. The largest absolute Gasteiger partial charge is 0.372 e.